The number of benzene rings is 1. The predicted octanol–water partition coefficient (Wildman–Crippen LogP) is 2.19. The smallest absolute Gasteiger partial charge is 0.269 e. The van der Waals surface area contributed by atoms with Gasteiger partial charge in [0.05, 0.1) is 6.10 Å². The highest BCUT2D eigenvalue weighted by molar-refractivity contribution is 7.91. The van der Waals surface area contributed by atoms with Gasteiger partial charge in [-0.1, -0.05) is 29.5 Å². The summed E-state index contributed by atoms with van der Waals surface area (Å²) in [6, 6.07) is 7.09. The van der Waals surface area contributed by atoms with E-state index in [1.807, 2.05) is 32.9 Å². The van der Waals surface area contributed by atoms with Crippen molar-refractivity contribution in [2.45, 2.75) is 37.6 Å². The minimum atomic E-state index is -3.76. The maximum atomic E-state index is 12.2. The second-order valence-corrected chi connectivity index (χ2v) is 8.73. The first kappa shape index (κ1) is 20.4. The lowest BCUT2D eigenvalue weighted by Crippen LogP contribution is -2.25. The molecule has 0 bridgehead atoms. The van der Waals surface area contributed by atoms with E-state index < -0.39 is 10.0 Å². The standard InChI is InChI=1S/C16H22N4O4S2/c1-11(2)24-10-6-9-17-26(22,23)16-20-19-15(25-16)18-14(21)13-8-5-4-7-12(13)3/h4-5,7-8,11,17H,6,9-10H2,1-3H3,(H,18,19,21). The monoisotopic (exact) mass is 398 g/mol. The molecule has 1 aromatic carbocycles. The molecule has 142 valence electrons. The molecule has 10 heteroatoms. The lowest BCUT2D eigenvalue weighted by molar-refractivity contribution is 0.0778. The third kappa shape index (κ3) is 5.84. The largest absolute Gasteiger partial charge is 0.379 e. The summed E-state index contributed by atoms with van der Waals surface area (Å²) in [5.74, 6) is -0.359. The Morgan fingerprint density at radius 2 is 2.00 bits per heavy atom. The summed E-state index contributed by atoms with van der Waals surface area (Å²) < 4.78 is 32.0. The number of amides is 1. The van der Waals surface area contributed by atoms with Crippen LogP contribution < -0.4 is 10.0 Å². The van der Waals surface area contributed by atoms with Gasteiger partial charge in [-0.2, -0.15) is 0 Å². The summed E-state index contributed by atoms with van der Waals surface area (Å²) in [5, 5.41) is 10.1. The van der Waals surface area contributed by atoms with E-state index >= 15 is 0 Å². The molecule has 2 rings (SSSR count). The molecular weight excluding hydrogens is 376 g/mol. The molecule has 0 aliphatic heterocycles. The lowest BCUT2D eigenvalue weighted by Gasteiger charge is -2.07. The molecule has 0 saturated carbocycles. The van der Waals surface area contributed by atoms with Gasteiger partial charge in [0.1, 0.15) is 0 Å². The van der Waals surface area contributed by atoms with Crippen molar-refractivity contribution in [2.24, 2.45) is 0 Å². The Morgan fingerprint density at radius 1 is 1.27 bits per heavy atom. The molecule has 2 aromatic rings. The van der Waals surface area contributed by atoms with Gasteiger partial charge in [-0.25, -0.2) is 13.1 Å². The van der Waals surface area contributed by atoms with Gasteiger partial charge in [-0.3, -0.25) is 10.1 Å². The minimum absolute atomic E-state index is 0.106. The molecule has 0 fully saturated rings. The maximum Gasteiger partial charge on any atom is 0.269 e. The molecule has 2 N–H and O–H groups in total. The number of carbonyl (C=O) groups excluding carboxylic acids is 1. The second-order valence-electron chi connectivity index (χ2n) is 5.81. The van der Waals surface area contributed by atoms with Crippen molar-refractivity contribution in [1.82, 2.24) is 14.9 Å². The normalized spacial score (nSPS) is 11.7. The van der Waals surface area contributed by atoms with E-state index in [0.29, 0.717) is 18.6 Å². The van der Waals surface area contributed by atoms with E-state index in [1.54, 1.807) is 12.1 Å². The quantitative estimate of drug-likeness (QED) is 0.495. The maximum absolute atomic E-state index is 12.2. The Labute approximate surface area is 157 Å². The highest BCUT2D eigenvalue weighted by Gasteiger charge is 2.21. The van der Waals surface area contributed by atoms with Crippen LogP contribution >= 0.6 is 11.3 Å². The fourth-order valence-corrected chi connectivity index (χ4v) is 4.03. The number of sulfonamides is 1. The number of nitrogens with zero attached hydrogens (tertiary/aromatic N) is 2. The molecule has 0 atom stereocenters. The third-order valence-corrected chi connectivity index (χ3v) is 5.98. The van der Waals surface area contributed by atoms with E-state index in [1.165, 1.54) is 0 Å². The van der Waals surface area contributed by atoms with Crippen molar-refractivity contribution in [2.75, 3.05) is 18.5 Å². The average molecular weight is 399 g/mol. The van der Waals surface area contributed by atoms with Crippen LogP contribution in [0.1, 0.15) is 36.2 Å². The number of carbonyl (C=O) groups is 1. The highest BCUT2D eigenvalue weighted by Crippen LogP contribution is 2.20. The lowest BCUT2D eigenvalue weighted by atomic mass is 10.1. The van der Waals surface area contributed by atoms with Crippen LogP contribution in [0.3, 0.4) is 0 Å². The van der Waals surface area contributed by atoms with Crippen molar-refractivity contribution in [3.63, 3.8) is 0 Å². The van der Waals surface area contributed by atoms with Crippen LogP contribution in [-0.4, -0.2) is 43.8 Å². The first-order valence-corrected chi connectivity index (χ1v) is 10.4. The van der Waals surface area contributed by atoms with E-state index in [-0.39, 0.29) is 28.0 Å². The second kappa shape index (κ2) is 9.17. The van der Waals surface area contributed by atoms with Crippen LogP contribution in [0.4, 0.5) is 5.13 Å². The Balaban J connectivity index is 1.93. The van der Waals surface area contributed by atoms with Crippen molar-refractivity contribution < 1.29 is 17.9 Å². The number of hydrogen-bond donors (Lipinski definition) is 2. The molecule has 26 heavy (non-hydrogen) atoms. The van der Waals surface area contributed by atoms with Crippen LogP contribution in [0, 0.1) is 6.92 Å². The Kier molecular flexibility index (Phi) is 7.21. The van der Waals surface area contributed by atoms with Gasteiger partial charge in [0, 0.05) is 18.7 Å². The predicted molar refractivity (Wildman–Crippen MR) is 99.9 cm³/mol. The Morgan fingerprint density at radius 3 is 2.69 bits per heavy atom. The summed E-state index contributed by atoms with van der Waals surface area (Å²) >= 11 is 0.801. The first-order chi connectivity index (χ1) is 12.3. The van der Waals surface area contributed by atoms with E-state index in [4.69, 9.17) is 4.74 Å². The van der Waals surface area contributed by atoms with Gasteiger partial charge in [0.2, 0.25) is 9.47 Å². The molecule has 0 aliphatic rings. The van der Waals surface area contributed by atoms with Crippen LogP contribution in [0.2, 0.25) is 0 Å². The zero-order valence-corrected chi connectivity index (χ0v) is 16.5. The highest BCUT2D eigenvalue weighted by atomic mass is 32.2. The molecule has 0 unspecified atom stereocenters. The minimum Gasteiger partial charge on any atom is -0.379 e. The third-order valence-electron chi connectivity index (χ3n) is 3.31. The molecule has 0 aliphatic carbocycles. The number of aromatic nitrogens is 2. The Hall–Kier alpha value is -1.88. The molecular formula is C16H22N4O4S2. The molecule has 1 amide bonds. The number of rotatable bonds is 9. The zero-order chi connectivity index (χ0) is 19.2. The number of ether oxygens (including phenoxy) is 1. The zero-order valence-electron chi connectivity index (χ0n) is 14.9. The van der Waals surface area contributed by atoms with Gasteiger partial charge < -0.3 is 4.74 Å². The summed E-state index contributed by atoms with van der Waals surface area (Å²) in [5.41, 5.74) is 1.31. The number of anilines is 1. The summed E-state index contributed by atoms with van der Waals surface area (Å²) in [7, 11) is -3.76. The fourth-order valence-electron chi connectivity index (χ4n) is 2.02. The Bertz CT molecular complexity index is 849. The van der Waals surface area contributed by atoms with Crippen molar-refractivity contribution in [3.8, 4) is 0 Å². The topological polar surface area (TPSA) is 110 Å². The van der Waals surface area contributed by atoms with Crippen LogP contribution in [-0.2, 0) is 14.8 Å². The van der Waals surface area contributed by atoms with Crippen LogP contribution in [0.5, 0.6) is 0 Å². The fraction of sp³-hybridized carbons (Fsp3) is 0.438. The number of hydrogen-bond acceptors (Lipinski definition) is 7. The van der Waals surface area contributed by atoms with E-state index in [0.717, 1.165) is 16.9 Å². The van der Waals surface area contributed by atoms with E-state index in [2.05, 4.69) is 20.2 Å². The van der Waals surface area contributed by atoms with Gasteiger partial charge in [0.25, 0.3) is 15.9 Å². The first-order valence-electron chi connectivity index (χ1n) is 8.11. The summed E-state index contributed by atoms with van der Waals surface area (Å²) in [6.07, 6.45) is 0.654. The summed E-state index contributed by atoms with van der Waals surface area (Å²) in [6.45, 7) is 6.35. The average Bonchev–Trinajstić information content (AvgIpc) is 3.04. The molecule has 1 heterocycles. The van der Waals surface area contributed by atoms with Crippen molar-refractivity contribution >= 4 is 32.4 Å². The molecule has 8 nitrogen and oxygen atoms in total. The van der Waals surface area contributed by atoms with Gasteiger partial charge >= 0.3 is 0 Å². The van der Waals surface area contributed by atoms with E-state index in [9.17, 15) is 13.2 Å². The van der Waals surface area contributed by atoms with Crippen LogP contribution in [0.25, 0.3) is 0 Å². The van der Waals surface area contributed by atoms with Gasteiger partial charge in [-0.15, -0.1) is 10.2 Å². The van der Waals surface area contributed by atoms with Crippen molar-refractivity contribution in [3.05, 3.63) is 35.4 Å². The van der Waals surface area contributed by atoms with Gasteiger partial charge in [-0.05, 0) is 38.8 Å². The number of nitrogens with one attached hydrogen (secondary N) is 2. The SMILES string of the molecule is Cc1ccccc1C(=O)Nc1nnc(S(=O)(=O)NCCCOC(C)C)s1. The number of aryl methyl sites for hydroxylation is 1. The van der Waals surface area contributed by atoms with Gasteiger partial charge in [0.15, 0.2) is 0 Å². The summed E-state index contributed by atoms with van der Waals surface area (Å²) in [4.78, 5) is 12.2. The molecule has 0 saturated heterocycles. The van der Waals surface area contributed by atoms with Crippen molar-refractivity contribution in [1.29, 1.82) is 0 Å². The molecule has 1 aromatic heterocycles. The molecule has 0 radical (unpaired) electrons. The molecule has 0 spiro atoms. The van der Waals surface area contributed by atoms with Crippen LogP contribution in [0.15, 0.2) is 28.6 Å².